The lowest BCUT2D eigenvalue weighted by atomic mass is 10.0. The number of nitrogens with one attached hydrogen (secondary N) is 1. The maximum absolute atomic E-state index is 11.5. The van der Waals surface area contributed by atoms with Gasteiger partial charge >= 0.3 is 0 Å². The van der Waals surface area contributed by atoms with Crippen molar-refractivity contribution in [2.75, 3.05) is 0 Å². The summed E-state index contributed by atoms with van der Waals surface area (Å²) in [5, 5.41) is 27.6. The van der Waals surface area contributed by atoms with Crippen LogP contribution in [0.5, 0.6) is 0 Å². The summed E-state index contributed by atoms with van der Waals surface area (Å²) in [7, 11) is 0. The molecule has 0 fully saturated rings. The summed E-state index contributed by atoms with van der Waals surface area (Å²) in [5.74, 6) is 0. The monoisotopic (exact) mass is 231 g/mol. The number of nitriles is 1. The molecular weight excluding hydrogens is 222 g/mol. The largest absolute Gasteiger partial charge is 0.385 e. The van der Waals surface area contributed by atoms with Crippen molar-refractivity contribution in [1.82, 2.24) is 9.97 Å². The Balaban J connectivity index is 2.56. The van der Waals surface area contributed by atoms with E-state index in [1.54, 1.807) is 6.07 Å². The molecule has 0 radical (unpaired) electrons. The number of aromatic nitrogens is 2. The van der Waals surface area contributed by atoms with Crippen LogP contribution in [0.25, 0.3) is 10.9 Å². The molecule has 0 aliphatic heterocycles. The average molecular weight is 231 g/mol. The van der Waals surface area contributed by atoms with Gasteiger partial charge in [0.05, 0.1) is 23.3 Å². The number of hydrogen-bond donors (Lipinski definition) is 3. The number of hydrogen-bond acceptors (Lipinski definition) is 5. The van der Waals surface area contributed by atoms with Crippen LogP contribution in [0.2, 0.25) is 0 Å². The van der Waals surface area contributed by atoms with Gasteiger partial charge in [0.1, 0.15) is 6.10 Å². The third kappa shape index (κ3) is 2.01. The Labute approximate surface area is 95.8 Å². The van der Waals surface area contributed by atoms with E-state index in [0.717, 1.165) is 0 Å². The zero-order chi connectivity index (χ0) is 12.4. The minimum atomic E-state index is -1.52. The number of aromatic amines is 1. The van der Waals surface area contributed by atoms with Gasteiger partial charge in [-0.15, -0.1) is 0 Å². The van der Waals surface area contributed by atoms with Crippen molar-refractivity contribution in [3.8, 4) is 6.07 Å². The molecule has 1 aromatic carbocycles. The molecule has 6 heteroatoms. The standard InChI is InChI=1S/C11H9N3O3/c12-4-9(15)10(16)6-1-2-8-7(3-6)11(17)14-5-13-8/h1-3,5,9-10,15-16H,(H,13,14,17). The highest BCUT2D eigenvalue weighted by atomic mass is 16.3. The first-order valence-electron chi connectivity index (χ1n) is 4.86. The molecule has 0 amide bonds. The van der Waals surface area contributed by atoms with Crippen LogP contribution in [0.15, 0.2) is 29.3 Å². The SMILES string of the molecule is N#CC(O)C(O)c1ccc2nc[nH]c(=O)c2c1. The molecule has 1 heterocycles. The van der Waals surface area contributed by atoms with Gasteiger partial charge < -0.3 is 15.2 Å². The van der Waals surface area contributed by atoms with Gasteiger partial charge in [-0.2, -0.15) is 5.26 Å². The van der Waals surface area contributed by atoms with Gasteiger partial charge in [-0.25, -0.2) is 4.98 Å². The van der Waals surface area contributed by atoms with Crippen LogP contribution in [0.4, 0.5) is 0 Å². The Hall–Kier alpha value is -2.23. The summed E-state index contributed by atoms with van der Waals surface area (Å²) in [6.07, 6.45) is -1.59. The highest BCUT2D eigenvalue weighted by Gasteiger charge is 2.18. The van der Waals surface area contributed by atoms with E-state index in [-0.39, 0.29) is 5.56 Å². The van der Waals surface area contributed by atoms with Crippen LogP contribution in [0, 0.1) is 11.3 Å². The predicted molar refractivity (Wildman–Crippen MR) is 58.9 cm³/mol. The molecule has 0 saturated carbocycles. The van der Waals surface area contributed by atoms with Crippen molar-refractivity contribution in [3.63, 3.8) is 0 Å². The zero-order valence-corrected chi connectivity index (χ0v) is 8.66. The molecule has 2 aromatic rings. The Bertz CT molecular complexity index is 644. The number of benzene rings is 1. The molecule has 17 heavy (non-hydrogen) atoms. The number of aliphatic hydroxyl groups excluding tert-OH is 2. The van der Waals surface area contributed by atoms with Gasteiger partial charge in [0.15, 0.2) is 6.10 Å². The highest BCUT2D eigenvalue weighted by Crippen LogP contribution is 2.19. The first kappa shape index (κ1) is 11.3. The lowest BCUT2D eigenvalue weighted by Crippen LogP contribution is -2.16. The van der Waals surface area contributed by atoms with Gasteiger partial charge in [0, 0.05) is 0 Å². The van der Waals surface area contributed by atoms with Gasteiger partial charge in [-0.3, -0.25) is 4.79 Å². The van der Waals surface area contributed by atoms with Crippen molar-refractivity contribution in [2.45, 2.75) is 12.2 Å². The van der Waals surface area contributed by atoms with Crippen molar-refractivity contribution < 1.29 is 10.2 Å². The second-order valence-electron chi connectivity index (χ2n) is 3.53. The van der Waals surface area contributed by atoms with Crippen LogP contribution >= 0.6 is 0 Å². The van der Waals surface area contributed by atoms with E-state index in [0.29, 0.717) is 16.5 Å². The van der Waals surface area contributed by atoms with E-state index < -0.39 is 12.2 Å². The van der Waals surface area contributed by atoms with E-state index in [9.17, 15) is 15.0 Å². The molecule has 0 aliphatic rings. The van der Waals surface area contributed by atoms with E-state index in [1.807, 2.05) is 0 Å². The number of nitrogens with zero attached hydrogens (tertiary/aromatic N) is 2. The molecular formula is C11H9N3O3. The van der Waals surface area contributed by atoms with Gasteiger partial charge in [0.2, 0.25) is 0 Å². The number of rotatable bonds is 2. The summed E-state index contributed by atoms with van der Waals surface area (Å²) < 4.78 is 0. The van der Waals surface area contributed by atoms with Crippen LogP contribution in [0.3, 0.4) is 0 Å². The van der Waals surface area contributed by atoms with Crippen LogP contribution in [-0.4, -0.2) is 26.3 Å². The van der Waals surface area contributed by atoms with E-state index in [1.165, 1.54) is 24.5 Å². The minimum absolute atomic E-state index is 0.296. The van der Waals surface area contributed by atoms with E-state index in [4.69, 9.17) is 5.26 Å². The highest BCUT2D eigenvalue weighted by molar-refractivity contribution is 5.78. The van der Waals surface area contributed by atoms with Gasteiger partial charge in [-0.1, -0.05) is 6.07 Å². The second-order valence-corrected chi connectivity index (χ2v) is 3.53. The predicted octanol–water partition coefficient (Wildman–Crippen LogP) is -0.159. The summed E-state index contributed by atoms with van der Waals surface area (Å²) in [4.78, 5) is 17.8. The Morgan fingerprint density at radius 3 is 2.88 bits per heavy atom. The molecule has 0 aliphatic carbocycles. The molecule has 1 aromatic heterocycles. The molecule has 0 saturated heterocycles. The number of H-pyrrole nitrogens is 1. The van der Waals surface area contributed by atoms with Crippen molar-refractivity contribution >= 4 is 10.9 Å². The first-order valence-corrected chi connectivity index (χ1v) is 4.86. The normalized spacial score (nSPS) is 14.2. The fraction of sp³-hybridized carbons (Fsp3) is 0.182. The van der Waals surface area contributed by atoms with Crippen LogP contribution < -0.4 is 5.56 Å². The fourth-order valence-corrected chi connectivity index (χ4v) is 1.52. The minimum Gasteiger partial charge on any atom is -0.385 e. The lowest BCUT2D eigenvalue weighted by molar-refractivity contribution is 0.0529. The second kappa shape index (κ2) is 4.33. The van der Waals surface area contributed by atoms with Gasteiger partial charge in [-0.05, 0) is 17.7 Å². The summed E-state index contributed by atoms with van der Waals surface area (Å²) in [6, 6.07) is 6.00. The first-order chi connectivity index (χ1) is 8.13. The maximum atomic E-state index is 11.5. The molecule has 86 valence electrons. The Kier molecular flexibility index (Phi) is 2.87. The third-order valence-corrected chi connectivity index (χ3v) is 2.44. The fourth-order valence-electron chi connectivity index (χ4n) is 1.52. The topological polar surface area (TPSA) is 110 Å². The quantitative estimate of drug-likeness (QED) is 0.622. The molecule has 6 nitrogen and oxygen atoms in total. The smallest absolute Gasteiger partial charge is 0.258 e. The molecule has 0 spiro atoms. The average Bonchev–Trinajstić information content (AvgIpc) is 2.37. The van der Waals surface area contributed by atoms with Gasteiger partial charge in [0.25, 0.3) is 5.56 Å². The van der Waals surface area contributed by atoms with E-state index >= 15 is 0 Å². The summed E-state index contributed by atoms with van der Waals surface area (Å²) >= 11 is 0. The molecule has 2 rings (SSSR count). The maximum Gasteiger partial charge on any atom is 0.258 e. The Morgan fingerprint density at radius 1 is 1.41 bits per heavy atom. The molecule has 3 N–H and O–H groups in total. The number of fused-ring (bicyclic) bond motifs is 1. The number of aliphatic hydroxyl groups is 2. The summed E-state index contributed by atoms with van der Waals surface area (Å²) in [6.45, 7) is 0. The molecule has 0 bridgehead atoms. The van der Waals surface area contributed by atoms with Crippen molar-refractivity contribution in [1.29, 1.82) is 5.26 Å². The van der Waals surface area contributed by atoms with Crippen molar-refractivity contribution in [2.24, 2.45) is 0 Å². The zero-order valence-electron chi connectivity index (χ0n) is 8.66. The van der Waals surface area contributed by atoms with Crippen LogP contribution in [-0.2, 0) is 0 Å². The third-order valence-electron chi connectivity index (χ3n) is 2.44. The van der Waals surface area contributed by atoms with E-state index in [2.05, 4.69) is 9.97 Å². The van der Waals surface area contributed by atoms with Crippen molar-refractivity contribution in [3.05, 3.63) is 40.4 Å². The van der Waals surface area contributed by atoms with Crippen LogP contribution in [0.1, 0.15) is 11.7 Å². The molecule has 2 atom stereocenters. The Morgan fingerprint density at radius 2 is 2.18 bits per heavy atom. The summed E-state index contributed by atoms with van der Waals surface area (Å²) in [5.41, 5.74) is 0.441. The molecule has 2 unspecified atom stereocenters. The lowest BCUT2D eigenvalue weighted by Gasteiger charge is -2.12.